The number of carbonyl (C=O) groups excluding carboxylic acids is 1. The SMILES string of the molecule is C[C@H](Nc1nccc(-c2csc(-c3cccc([C@@]4(O)CCN(C)C4=O)c3)n2)n1)c1cn[nH]c1. The van der Waals surface area contributed by atoms with Crippen molar-refractivity contribution in [2.45, 2.75) is 25.0 Å². The van der Waals surface area contributed by atoms with Gasteiger partial charge in [0, 0.05) is 48.9 Å². The van der Waals surface area contributed by atoms with Gasteiger partial charge < -0.3 is 15.3 Å². The van der Waals surface area contributed by atoms with Crippen LogP contribution in [0.5, 0.6) is 0 Å². The van der Waals surface area contributed by atoms with Gasteiger partial charge in [0.15, 0.2) is 5.60 Å². The maximum absolute atomic E-state index is 12.5. The summed E-state index contributed by atoms with van der Waals surface area (Å²) < 4.78 is 0. The zero-order chi connectivity index (χ0) is 23.0. The predicted octanol–water partition coefficient (Wildman–Crippen LogP) is 3.21. The normalized spacial score (nSPS) is 19.1. The number of likely N-dealkylation sites (tertiary alicyclic amines) is 1. The number of anilines is 1. The molecule has 3 aromatic heterocycles. The van der Waals surface area contributed by atoms with Crippen LogP contribution in [0.15, 0.2) is 54.3 Å². The Morgan fingerprint density at radius 1 is 1.27 bits per heavy atom. The Labute approximate surface area is 194 Å². The van der Waals surface area contributed by atoms with Gasteiger partial charge in [0.1, 0.15) is 10.7 Å². The van der Waals surface area contributed by atoms with Crippen LogP contribution in [0.4, 0.5) is 5.95 Å². The number of H-pyrrole nitrogens is 1. The van der Waals surface area contributed by atoms with Crippen LogP contribution < -0.4 is 5.32 Å². The molecule has 1 aliphatic rings. The van der Waals surface area contributed by atoms with E-state index >= 15 is 0 Å². The first-order chi connectivity index (χ1) is 15.9. The highest BCUT2D eigenvalue weighted by molar-refractivity contribution is 7.13. The summed E-state index contributed by atoms with van der Waals surface area (Å²) in [7, 11) is 1.71. The molecule has 9 nitrogen and oxygen atoms in total. The molecule has 0 saturated carbocycles. The lowest BCUT2D eigenvalue weighted by molar-refractivity contribution is -0.143. The Hall–Kier alpha value is -3.63. The number of hydrogen-bond acceptors (Lipinski definition) is 8. The van der Waals surface area contributed by atoms with Crippen molar-refractivity contribution in [1.29, 1.82) is 0 Å². The number of hydrogen-bond donors (Lipinski definition) is 3. The largest absolute Gasteiger partial charge is 0.375 e. The number of nitrogens with zero attached hydrogens (tertiary/aromatic N) is 5. The van der Waals surface area contributed by atoms with Crippen LogP contribution in [0.2, 0.25) is 0 Å². The molecule has 1 aliphatic heterocycles. The van der Waals surface area contributed by atoms with Crippen LogP contribution in [0, 0.1) is 0 Å². The van der Waals surface area contributed by atoms with Crippen molar-refractivity contribution in [2.75, 3.05) is 18.9 Å². The summed E-state index contributed by atoms with van der Waals surface area (Å²) in [6, 6.07) is 9.23. The summed E-state index contributed by atoms with van der Waals surface area (Å²) in [5, 5.41) is 23.8. The van der Waals surface area contributed by atoms with Crippen LogP contribution in [0.1, 0.15) is 30.5 Å². The van der Waals surface area contributed by atoms with E-state index in [0.29, 0.717) is 30.2 Å². The van der Waals surface area contributed by atoms with Gasteiger partial charge in [-0.1, -0.05) is 18.2 Å². The number of aromatic amines is 1. The average molecular weight is 462 g/mol. The van der Waals surface area contributed by atoms with Gasteiger partial charge in [-0.15, -0.1) is 11.3 Å². The molecular formula is C23H23N7O2S. The predicted molar refractivity (Wildman–Crippen MR) is 125 cm³/mol. The van der Waals surface area contributed by atoms with Crippen molar-refractivity contribution in [2.24, 2.45) is 0 Å². The molecule has 4 heterocycles. The van der Waals surface area contributed by atoms with Crippen molar-refractivity contribution in [3.8, 4) is 22.0 Å². The first-order valence-corrected chi connectivity index (χ1v) is 11.4. The highest BCUT2D eigenvalue weighted by atomic mass is 32.1. The second kappa shape index (κ2) is 8.38. The zero-order valence-electron chi connectivity index (χ0n) is 18.2. The maximum atomic E-state index is 12.5. The van der Waals surface area contributed by atoms with Gasteiger partial charge in [0.2, 0.25) is 5.95 Å². The first kappa shape index (κ1) is 21.2. The van der Waals surface area contributed by atoms with Gasteiger partial charge in [-0.05, 0) is 24.6 Å². The highest BCUT2D eigenvalue weighted by Crippen LogP contribution is 2.36. The van der Waals surface area contributed by atoms with Gasteiger partial charge in [-0.25, -0.2) is 15.0 Å². The third kappa shape index (κ3) is 3.98. The lowest BCUT2D eigenvalue weighted by atomic mass is 9.91. The van der Waals surface area contributed by atoms with Crippen LogP contribution >= 0.6 is 11.3 Å². The minimum Gasteiger partial charge on any atom is -0.375 e. The van der Waals surface area contributed by atoms with Crippen LogP contribution in [-0.2, 0) is 10.4 Å². The molecule has 0 spiro atoms. The second-order valence-corrected chi connectivity index (χ2v) is 8.98. The van der Waals surface area contributed by atoms with Crippen molar-refractivity contribution in [1.82, 2.24) is 30.0 Å². The molecule has 0 radical (unpaired) electrons. The van der Waals surface area contributed by atoms with E-state index in [0.717, 1.165) is 21.8 Å². The topological polar surface area (TPSA) is 120 Å². The van der Waals surface area contributed by atoms with Gasteiger partial charge in [-0.3, -0.25) is 9.89 Å². The molecule has 0 unspecified atom stereocenters. The fraction of sp³-hybridized carbons (Fsp3) is 0.261. The third-order valence-corrected chi connectivity index (χ3v) is 6.78. The van der Waals surface area contributed by atoms with E-state index in [9.17, 15) is 9.90 Å². The molecule has 5 rings (SSSR count). The number of aliphatic hydroxyl groups is 1. The van der Waals surface area contributed by atoms with E-state index in [-0.39, 0.29) is 11.9 Å². The van der Waals surface area contributed by atoms with Gasteiger partial charge in [0.05, 0.1) is 17.9 Å². The molecule has 4 aromatic rings. The van der Waals surface area contributed by atoms with E-state index in [4.69, 9.17) is 4.98 Å². The molecule has 1 fully saturated rings. The fourth-order valence-corrected chi connectivity index (χ4v) is 4.71. The van der Waals surface area contributed by atoms with Crippen molar-refractivity contribution >= 4 is 23.2 Å². The molecule has 1 saturated heterocycles. The summed E-state index contributed by atoms with van der Waals surface area (Å²) in [5.41, 5.74) is 2.40. The Balaban J connectivity index is 1.39. The molecule has 10 heteroatoms. The van der Waals surface area contributed by atoms with Crippen molar-refractivity contribution in [3.63, 3.8) is 0 Å². The molecule has 3 N–H and O–H groups in total. The van der Waals surface area contributed by atoms with Crippen molar-refractivity contribution < 1.29 is 9.90 Å². The summed E-state index contributed by atoms with van der Waals surface area (Å²) >= 11 is 1.49. The van der Waals surface area contributed by atoms with Gasteiger partial charge in [0.25, 0.3) is 5.91 Å². The summed E-state index contributed by atoms with van der Waals surface area (Å²) in [6.45, 7) is 2.54. The third-order valence-electron chi connectivity index (χ3n) is 5.88. The van der Waals surface area contributed by atoms with E-state index in [1.807, 2.05) is 42.8 Å². The van der Waals surface area contributed by atoms with Gasteiger partial charge >= 0.3 is 0 Å². The number of thiazole rings is 1. The van der Waals surface area contributed by atoms with Crippen LogP contribution in [0.25, 0.3) is 22.0 Å². The zero-order valence-corrected chi connectivity index (χ0v) is 19.0. The summed E-state index contributed by atoms with van der Waals surface area (Å²) in [6.07, 6.45) is 5.67. The lowest BCUT2D eigenvalue weighted by Gasteiger charge is -2.21. The number of aromatic nitrogens is 5. The molecule has 1 amide bonds. The Morgan fingerprint density at radius 2 is 2.15 bits per heavy atom. The number of benzene rings is 1. The second-order valence-electron chi connectivity index (χ2n) is 8.12. The Kier molecular flexibility index (Phi) is 5.39. The van der Waals surface area contributed by atoms with Crippen LogP contribution in [-0.4, -0.2) is 54.7 Å². The number of rotatable bonds is 6. The molecular weight excluding hydrogens is 438 g/mol. The van der Waals surface area contributed by atoms with E-state index < -0.39 is 5.60 Å². The molecule has 1 aromatic carbocycles. The number of carbonyl (C=O) groups is 1. The van der Waals surface area contributed by atoms with E-state index in [1.165, 1.54) is 11.3 Å². The van der Waals surface area contributed by atoms with E-state index in [1.54, 1.807) is 30.4 Å². The maximum Gasteiger partial charge on any atom is 0.258 e. The summed E-state index contributed by atoms with van der Waals surface area (Å²) in [5.74, 6) is 0.231. The minimum absolute atomic E-state index is 0.00382. The summed E-state index contributed by atoms with van der Waals surface area (Å²) in [4.78, 5) is 27.7. The highest BCUT2D eigenvalue weighted by Gasteiger charge is 2.45. The first-order valence-electron chi connectivity index (χ1n) is 10.6. The Bertz CT molecular complexity index is 1290. The monoisotopic (exact) mass is 461 g/mol. The standard InChI is InChI=1S/C23H23N7O2S/c1-14(16-11-25-26-12-16)27-22-24-8-6-18(29-22)19-13-33-20(28-19)15-4-3-5-17(10-15)23(32)7-9-30(2)21(23)31/h3-6,8,10-14,32H,7,9H2,1-2H3,(H,25,26)(H,24,27,29)/t14-,23-/m0/s1. The number of nitrogens with one attached hydrogen (secondary N) is 2. The smallest absolute Gasteiger partial charge is 0.258 e. The van der Waals surface area contributed by atoms with Gasteiger partial charge in [-0.2, -0.15) is 5.10 Å². The van der Waals surface area contributed by atoms with E-state index in [2.05, 4.69) is 25.5 Å². The molecule has 168 valence electrons. The molecule has 0 aliphatic carbocycles. The minimum atomic E-state index is -1.48. The molecule has 2 atom stereocenters. The number of likely N-dealkylation sites (N-methyl/N-ethyl adjacent to an activating group) is 1. The quantitative estimate of drug-likeness (QED) is 0.403. The molecule has 0 bridgehead atoms. The number of amides is 1. The van der Waals surface area contributed by atoms with Crippen LogP contribution in [0.3, 0.4) is 0 Å². The average Bonchev–Trinajstić information content (AvgIpc) is 3.59. The fourth-order valence-electron chi connectivity index (χ4n) is 3.90. The lowest BCUT2D eigenvalue weighted by Crippen LogP contribution is -2.36. The van der Waals surface area contributed by atoms with Crippen molar-refractivity contribution in [3.05, 3.63) is 65.4 Å². The Morgan fingerprint density at radius 3 is 2.91 bits per heavy atom. The molecule has 33 heavy (non-hydrogen) atoms.